The second-order valence-electron chi connectivity index (χ2n) is 17.5. The topological polar surface area (TPSA) is 235 Å². The first-order valence-corrected chi connectivity index (χ1v) is 23.8. The summed E-state index contributed by atoms with van der Waals surface area (Å²) in [6.45, 7) is 5.16. The fraction of sp³-hybridized carbons (Fsp3) is 0.522. The molecule has 2 saturated heterocycles. The molecule has 0 radical (unpaired) electrons. The number of benzene rings is 2. The van der Waals surface area contributed by atoms with Crippen LogP contribution >= 0.6 is 23.4 Å². The molecule has 3 fully saturated rings. The predicted octanol–water partition coefficient (Wildman–Crippen LogP) is 6.29. The smallest absolute Gasteiger partial charge is 0.264 e. The number of nitrogens with zero attached hydrogens (tertiary/aromatic N) is 4. The molecule has 64 heavy (non-hydrogen) atoms. The van der Waals surface area contributed by atoms with Crippen molar-refractivity contribution in [2.75, 3.05) is 47.4 Å². The van der Waals surface area contributed by atoms with E-state index >= 15 is 0 Å². The lowest BCUT2D eigenvalue weighted by atomic mass is 9.73. The van der Waals surface area contributed by atoms with E-state index in [4.69, 9.17) is 23.1 Å². The maximum absolute atomic E-state index is 13.3. The van der Waals surface area contributed by atoms with Crippen molar-refractivity contribution in [1.29, 1.82) is 0 Å². The highest BCUT2D eigenvalue weighted by molar-refractivity contribution is 7.99. The molecule has 4 aliphatic rings. The Hall–Kier alpha value is -5.26. The number of carbonyl (C=O) groups excluding carboxylic acids is 6. The minimum atomic E-state index is -0.998. The number of piperidine rings is 2. The number of anilines is 4. The average molecular weight is 916 g/mol. The highest BCUT2D eigenvalue weighted by Gasteiger charge is 2.47. The number of halogens is 1. The van der Waals surface area contributed by atoms with Crippen molar-refractivity contribution in [2.45, 2.75) is 125 Å². The Balaban J connectivity index is 0.738. The van der Waals surface area contributed by atoms with Crippen LogP contribution < -0.4 is 37.6 Å². The Morgan fingerprint density at radius 3 is 2.28 bits per heavy atom. The van der Waals surface area contributed by atoms with Gasteiger partial charge in [0.2, 0.25) is 23.6 Å². The molecule has 7 rings (SSSR count). The van der Waals surface area contributed by atoms with Crippen molar-refractivity contribution >= 4 is 81.8 Å². The molecule has 342 valence electrons. The van der Waals surface area contributed by atoms with Gasteiger partial charge in [-0.1, -0.05) is 74.5 Å². The van der Waals surface area contributed by atoms with Gasteiger partial charge in [-0.05, 0) is 80.5 Å². The first-order valence-electron chi connectivity index (χ1n) is 22.6. The Bertz CT molecular complexity index is 2250. The third-order valence-corrected chi connectivity index (χ3v) is 14.8. The molecule has 0 bridgehead atoms. The number of hydrogen-bond donors (Lipinski definition) is 6. The molecule has 18 heteroatoms. The van der Waals surface area contributed by atoms with Gasteiger partial charge in [-0.15, -0.1) is 0 Å². The van der Waals surface area contributed by atoms with Gasteiger partial charge in [0.15, 0.2) is 5.82 Å². The number of amides is 6. The summed E-state index contributed by atoms with van der Waals surface area (Å²) in [6.07, 6.45) is 13.2. The summed E-state index contributed by atoms with van der Waals surface area (Å²) < 4.78 is 0. The molecule has 1 saturated carbocycles. The minimum Gasteiger partial charge on any atom is -0.384 e. The number of rotatable bonds is 19. The molecule has 3 aromatic rings. The quantitative estimate of drug-likeness (QED) is 0.0574. The SMILES string of the molecule is C[C@@H]1CCC2(CCN(c3cnc(Sc4cccc(NC(=O)CCC(=O)NCCCCCCCCCNc5cccc6c5C(=O)N(C5CCC(=O)NC5=O)C6=O)c4Cl)c(N)n3)CC2)[C@@H]1N. The zero-order valence-electron chi connectivity index (χ0n) is 36.4. The van der Waals surface area contributed by atoms with Crippen LogP contribution in [-0.2, 0) is 19.2 Å². The van der Waals surface area contributed by atoms with Crippen molar-refractivity contribution in [3.8, 4) is 0 Å². The summed E-state index contributed by atoms with van der Waals surface area (Å²) in [4.78, 5) is 88.8. The number of fused-ring (bicyclic) bond motifs is 1. The van der Waals surface area contributed by atoms with E-state index in [0.29, 0.717) is 51.1 Å². The summed E-state index contributed by atoms with van der Waals surface area (Å²) in [5.41, 5.74) is 14.7. The van der Waals surface area contributed by atoms with E-state index in [1.54, 1.807) is 36.5 Å². The van der Waals surface area contributed by atoms with Crippen molar-refractivity contribution in [3.63, 3.8) is 0 Å². The van der Waals surface area contributed by atoms with Crippen LogP contribution in [0.5, 0.6) is 0 Å². The maximum atomic E-state index is 13.3. The lowest BCUT2D eigenvalue weighted by Crippen LogP contribution is -2.54. The molecular weight excluding hydrogens is 856 g/mol. The molecule has 3 aliphatic heterocycles. The van der Waals surface area contributed by atoms with Gasteiger partial charge in [-0.25, -0.2) is 9.97 Å². The fourth-order valence-corrected chi connectivity index (χ4v) is 10.5. The molecule has 1 aromatic heterocycles. The van der Waals surface area contributed by atoms with E-state index in [0.717, 1.165) is 81.6 Å². The summed E-state index contributed by atoms with van der Waals surface area (Å²) in [6, 6.07) is 9.63. The summed E-state index contributed by atoms with van der Waals surface area (Å²) >= 11 is 8.00. The first kappa shape index (κ1) is 46.7. The van der Waals surface area contributed by atoms with E-state index < -0.39 is 29.7 Å². The van der Waals surface area contributed by atoms with Crippen LogP contribution in [0.25, 0.3) is 0 Å². The van der Waals surface area contributed by atoms with E-state index in [1.807, 2.05) is 6.07 Å². The van der Waals surface area contributed by atoms with Crippen molar-refractivity contribution < 1.29 is 28.8 Å². The van der Waals surface area contributed by atoms with Crippen LogP contribution in [0.3, 0.4) is 0 Å². The van der Waals surface area contributed by atoms with Gasteiger partial charge < -0.3 is 32.3 Å². The Morgan fingerprint density at radius 1 is 0.891 bits per heavy atom. The normalized spacial score (nSPS) is 20.4. The Kier molecular flexibility index (Phi) is 15.4. The van der Waals surface area contributed by atoms with Crippen LogP contribution in [0.2, 0.25) is 5.02 Å². The lowest BCUT2D eigenvalue weighted by molar-refractivity contribution is -0.136. The molecule has 8 N–H and O–H groups in total. The predicted molar refractivity (Wildman–Crippen MR) is 247 cm³/mol. The molecule has 4 heterocycles. The molecule has 16 nitrogen and oxygen atoms in total. The third-order valence-electron chi connectivity index (χ3n) is 13.2. The minimum absolute atomic E-state index is 0.0127. The molecule has 6 amide bonds. The molecule has 1 spiro atoms. The summed E-state index contributed by atoms with van der Waals surface area (Å²) in [5, 5.41) is 12.1. The van der Waals surface area contributed by atoms with Crippen molar-refractivity contribution in [3.05, 3.63) is 58.7 Å². The standard InChI is InChI=1S/C46H59ClN10O6S/c1-28-19-20-46(40(28)48)21-25-56(26-22-46)34-27-52-43(41(49)54-34)64-33-14-10-13-31(39(33)47)53-36(59)18-17-35(58)51-24-8-6-4-2-3-5-7-23-50-30-12-9-11-29-38(30)45(63)57(44(29)62)32-15-16-37(60)55-42(32)61/h9-14,27-28,32,40,50H,2-8,15-26,48H2,1H3,(H2,49,54)(H,51,58)(H,53,59)(H,55,60,61)/t28-,32?,40-/m1/s1. The summed E-state index contributed by atoms with van der Waals surface area (Å²) in [7, 11) is 0. The molecule has 1 unspecified atom stereocenters. The first-order chi connectivity index (χ1) is 30.8. The van der Waals surface area contributed by atoms with Crippen LogP contribution in [0.4, 0.5) is 23.0 Å². The van der Waals surface area contributed by atoms with Crippen molar-refractivity contribution in [1.82, 2.24) is 25.5 Å². The van der Waals surface area contributed by atoms with Crippen LogP contribution in [0.15, 0.2) is 52.5 Å². The number of aromatic nitrogens is 2. The number of nitrogen functional groups attached to an aromatic ring is 1. The van der Waals surface area contributed by atoms with Crippen molar-refractivity contribution in [2.24, 2.45) is 17.1 Å². The number of imide groups is 2. The average Bonchev–Trinajstić information content (AvgIpc) is 3.70. The number of hydrogen-bond acceptors (Lipinski definition) is 13. The number of carbonyl (C=O) groups is 6. The van der Waals surface area contributed by atoms with E-state index in [-0.39, 0.29) is 60.1 Å². The molecule has 1 aliphatic carbocycles. The summed E-state index contributed by atoms with van der Waals surface area (Å²) in [5.74, 6) is -0.964. The fourth-order valence-electron chi connectivity index (χ4n) is 9.41. The lowest BCUT2D eigenvalue weighted by Gasteiger charge is -2.43. The van der Waals surface area contributed by atoms with Gasteiger partial charge in [0.05, 0.1) is 28.0 Å². The highest BCUT2D eigenvalue weighted by Crippen LogP contribution is 2.48. The molecule has 2 aromatic carbocycles. The largest absolute Gasteiger partial charge is 0.384 e. The van der Waals surface area contributed by atoms with E-state index in [9.17, 15) is 28.8 Å². The van der Waals surface area contributed by atoms with Gasteiger partial charge in [0.1, 0.15) is 16.9 Å². The monoisotopic (exact) mass is 914 g/mol. The second-order valence-corrected chi connectivity index (χ2v) is 18.9. The Morgan fingerprint density at radius 2 is 1.58 bits per heavy atom. The highest BCUT2D eigenvalue weighted by atomic mass is 35.5. The Labute approximate surface area is 383 Å². The van der Waals surface area contributed by atoms with Gasteiger partial charge in [0.25, 0.3) is 11.8 Å². The van der Waals surface area contributed by atoms with Crippen LogP contribution in [-0.4, -0.2) is 88.6 Å². The number of unbranched alkanes of at least 4 members (excludes halogenated alkanes) is 6. The zero-order valence-corrected chi connectivity index (χ0v) is 38.0. The molecular formula is C46H59ClN10O6S. The van der Waals surface area contributed by atoms with Gasteiger partial charge in [-0.3, -0.25) is 39.0 Å². The van der Waals surface area contributed by atoms with Crippen LogP contribution in [0, 0.1) is 11.3 Å². The van der Waals surface area contributed by atoms with Crippen LogP contribution in [0.1, 0.15) is 124 Å². The number of nitrogens with one attached hydrogen (secondary N) is 4. The van der Waals surface area contributed by atoms with E-state index in [2.05, 4.69) is 43.1 Å². The van der Waals surface area contributed by atoms with Gasteiger partial charge >= 0.3 is 0 Å². The van der Waals surface area contributed by atoms with Gasteiger partial charge in [0, 0.05) is 62.1 Å². The second kappa shape index (κ2) is 21.2. The maximum Gasteiger partial charge on any atom is 0.264 e. The molecule has 3 atom stereocenters. The zero-order chi connectivity index (χ0) is 45.4. The van der Waals surface area contributed by atoms with E-state index in [1.165, 1.54) is 24.6 Å². The number of nitrogens with two attached hydrogens (primary N) is 2. The third kappa shape index (κ3) is 10.8. The van der Waals surface area contributed by atoms with Gasteiger partial charge in [-0.2, -0.15) is 0 Å².